The predicted molar refractivity (Wildman–Crippen MR) is 69.2 cm³/mol. The number of ether oxygens (including phenoxy) is 2. The summed E-state index contributed by atoms with van der Waals surface area (Å²) in [7, 11) is 1.78. The van der Waals surface area contributed by atoms with Crippen molar-refractivity contribution in [1.29, 1.82) is 0 Å². The van der Waals surface area contributed by atoms with Gasteiger partial charge in [-0.25, -0.2) is 0 Å². The van der Waals surface area contributed by atoms with Crippen LogP contribution in [0.3, 0.4) is 0 Å². The van der Waals surface area contributed by atoms with E-state index >= 15 is 0 Å². The van der Waals surface area contributed by atoms with Crippen molar-refractivity contribution in [2.75, 3.05) is 33.4 Å². The van der Waals surface area contributed by atoms with E-state index in [2.05, 4.69) is 25.7 Å². The first-order chi connectivity index (χ1) is 7.99. The normalized spacial score (nSPS) is 34.2. The van der Waals surface area contributed by atoms with Crippen LogP contribution < -0.4 is 0 Å². The minimum absolute atomic E-state index is 0.000205. The van der Waals surface area contributed by atoms with Crippen LogP contribution in [0.2, 0.25) is 0 Å². The van der Waals surface area contributed by atoms with E-state index in [1.165, 1.54) is 25.9 Å². The number of likely N-dealkylation sites (tertiary alicyclic amines) is 1. The molecule has 1 saturated carbocycles. The highest BCUT2D eigenvalue weighted by molar-refractivity contribution is 4.94. The molecule has 2 bridgehead atoms. The Labute approximate surface area is 105 Å². The number of hydrogen-bond donors (Lipinski definition) is 0. The Morgan fingerprint density at radius 1 is 1.12 bits per heavy atom. The van der Waals surface area contributed by atoms with Crippen LogP contribution in [0.4, 0.5) is 0 Å². The molecule has 2 atom stereocenters. The van der Waals surface area contributed by atoms with Gasteiger partial charge in [0.05, 0.1) is 18.3 Å². The van der Waals surface area contributed by atoms with Crippen LogP contribution in [0.5, 0.6) is 0 Å². The van der Waals surface area contributed by atoms with E-state index in [0.29, 0.717) is 6.10 Å². The molecule has 2 fully saturated rings. The maximum atomic E-state index is 6.26. The number of methoxy groups -OCH3 is 1. The maximum absolute atomic E-state index is 6.26. The van der Waals surface area contributed by atoms with E-state index in [9.17, 15) is 0 Å². The molecule has 2 rings (SSSR count). The summed E-state index contributed by atoms with van der Waals surface area (Å²) in [6.07, 6.45) is 3.18. The summed E-state index contributed by atoms with van der Waals surface area (Å²) in [5, 5.41) is 0. The van der Waals surface area contributed by atoms with E-state index in [1.807, 2.05) is 0 Å². The van der Waals surface area contributed by atoms with Crippen molar-refractivity contribution < 1.29 is 9.47 Å². The van der Waals surface area contributed by atoms with Crippen molar-refractivity contribution in [2.24, 2.45) is 11.8 Å². The Hall–Kier alpha value is -0.120. The molecule has 3 nitrogen and oxygen atoms in total. The predicted octanol–water partition coefficient (Wildman–Crippen LogP) is 2.16. The van der Waals surface area contributed by atoms with E-state index < -0.39 is 0 Å². The molecule has 0 amide bonds. The van der Waals surface area contributed by atoms with Crippen LogP contribution >= 0.6 is 0 Å². The second kappa shape index (κ2) is 5.25. The lowest BCUT2D eigenvalue weighted by Crippen LogP contribution is -2.48. The lowest BCUT2D eigenvalue weighted by molar-refractivity contribution is -0.117. The molecule has 2 unspecified atom stereocenters. The molecule has 0 radical (unpaired) electrons. The minimum Gasteiger partial charge on any atom is -0.383 e. The molecular formula is C14H27NO2. The Morgan fingerprint density at radius 3 is 2.18 bits per heavy atom. The summed E-state index contributed by atoms with van der Waals surface area (Å²) >= 11 is 0. The summed E-state index contributed by atoms with van der Waals surface area (Å²) in [5.41, 5.74) is 0.000205. The van der Waals surface area contributed by atoms with Gasteiger partial charge in [-0.2, -0.15) is 0 Å². The molecule has 17 heavy (non-hydrogen) atoms. The number of rotatable bonds is 4. The fourth-order valence-corrected chi connectivity index (χ4v) is 3.27. The van der Waals surface area contributed by atoms with Crippen LogP contribution in [0.1, 0.15) is 33.6 Å². The molecule has 0 aromatic rings. The van der Waals surface area contributed by atoms with Crippen LogP contribution in [0.15, 0.2) is 0 Å². The van der Waals surface area contributed by atoms with Crippen molar-refractivity contribution in [3.63, 3.8) is 0 Å². The van der Waals surface area contributed by atoms with E-state index in [-0.39, 0.29) is 5.60 Å². The number of hydrogen-bond acceptors (Lipinski definition) is 3. The van der Waals surface area contributed by atoms with Crippen molar-refractivity contribution >= 4 is 0 Å². The largest absolute Gasteiger partial charge is 0.383 e. The molecule has 2 aliphatic rings. The number of nitrogens with zero attached hydrogens (tertiary/aromatic N) is 1. The average molecular weight is 241 g/mol. The fraction of sp³-hybridized carbons (Fsp3) is 1.00. The number of fused-ring (bicyclic) bond motifs is 2. The Balaban J connectivity index is 1.89. The summed E-state index contributed by atoms with van der Waals surface area (Å²) in [5.74, 6) is 1.48. The monoisotopic (exact) mass is 241 g/mol. The zero-order valence-electron chi connectivity index (χ0n) is 11.7. The maximum Gasteiger partial charge on any atom is 0.0662 e. The Morgan fingerprint density at radius 2 is 1.71 bits per heavy atom. The average Bonchev–Trinajstić information content (AvgIpc) is 2.50. The van der Waals surface area contributed by atoms with Crippen molar-refractivity contribution in [2.45, 2.75) is 45.3 Å². The lowest BCUT2D eigenvalue weighted by atomic mass is 9.94. The van der Waals surface area contributed by atoms with Gasteiger partial charge in [0.2, 0.25) is 0 Å². The summed E-state index contributed by atoms with van der Waals surface area (Å²) in [4.78, 5) is 2.55. The summed E-state index contributed by atoms with van der Waals surface area (Å²) in [6.45, 7) is 10.8. The molecule has 0 aromatic carbocycles. The molecule has 1 heterocycles. The Bertz CT molecular complexity index is 235. The summed E-state index contributed by atoms with van der Waals surface area (Å²) in [6, 6.07) is 0. The highest BCUT2D eigenvalue weighted by Gasteiger charge is 2.43. The van der Waals surface area contributed by atoms with Crippen molar-refractivity contribution in [1.82, 2.24) is 4.90 Å². The molecule has 100 valence electrons. The highest BCUT2D eigenvalue weighted by atomic mass is 16.5. The molecular weight excluding hydrogens is 214 g/mol. The van der Waals surface area contributed by atoms with E-state index in [4.69, 9.17) is 9.47 Å². The van der Waals surface area contributed by atoms with Gasteiger partial charge in [0.25, 0.3) is 0 Å². The molecule has 0 spiro atoms. The third-order valence-electron chi connectivity index (χ3n) is 3.92. The van der Waals surface area contributed by atoms with Gasteiger partial charge < -0.3 is 14.4 Å². The second-order valence-corrected chi connectivity index (χ2v) is 6.54. The first kappa shape index (κ1) is 13.3. The van der Waals surface area contributed by atoms with Gasteiger partial charge in [-0.05, 0) is 45.4 Å². The molecule has 1 saturated heterocycles. The first-order valence-electron chi connectivity index (χ1n) is 6.89. The van der Waals surface area contributed by atoms with Gasteiger partial charge in [-0.3, -0.25) is 0 Å². The quantitative estimate of drug-likeness (QED) is 0.753. The number of piperidine rings is 1. The van der Waals surface area contributed by atoms with Crippen LogP contribution in [-0.2, 0) is 9.47 Å². The topological polar surface area (TPSA) is 21.7 Å². The van der Waals surface area contributed by atoms with Gasteiger partial charge in [0, 0.05) is 26.7 Å². The fourth-order valence-electron chi connectivity index (χ4n) is 3.27. The zero-order chi connectivity index (χ0) is 12.5. The molecule has 3 heteroatoms. The van der Waals surface area contributed by atoms with Gasteiger partial charge in [0.1, 0.15) is 0 Å². The van der Waals surface area contributed by atoms with Crippen molar-refractivity contribution in [3.8, 4) is 0 Å². The van der Waals surface area contributed by atoms with Crippen molar-refractivity contribution in [3.05, 3.63) is 0 Å². The Kier molecular flexibility index (Phi) is 4.11. The van der Waals surface area contributed by atoms with Gasteiger partial charge in [-0.15, -0.1) is 0 Å². The second-order valence-electron chi connectivity index (χ2n) is 6.54. The minimum atomic E-state index is 0.000205. The smallest absolute Gasteiger partial charge is 0.0662 e. The molecule has 0 aromatic heterocycles. The van der Waals surface area contributed by atoms with Gasteiger partial charge >= 0.3 is 0 Å². The van der Waals surface area contributed by atoms with Crippen LogP contribution in [-0.4, -0.2) is 50.0 Å². The standard InChI is InChI=1S/C14H27NO2/c1-14(2,3)17-13-11-5-6-12(13)10-15(9-11)7-8-16-4/h11-13H,5-10H2,1-4H3. The van der Waals surface area contributed by atoms with Gasteiger partial charge in [-0.1, -0.05) is 0 Å². The first-order valence-corrected chi connectivity index (χ1v) is 6.89. The zero-order valence-corrected chi connectivity index (χ0v) is 11.7. The lowest BCUT2D eigenvalue weighted by Gasteiger charge is -2.40. The molecule has 1 aliphatic heterocycles. The van der Waals surface area contributed by atoms with Crippen LogP contribution in [0, 0.1) is 11.8 Å². The third-order valence-corrected chi connectivity index (χ3v) is 3.92. The SMILES string of the molecule is COCCN1CC2CCC(C1)C2OC(C)(C)C. The third kappa shape index (κ3) is 3.43. The van der Waals surface area contributed by atoms with E-state index in [0.717, 1.165) is 25.0 Å². The molecule has 0 N–H and O–H groups in total. The summed E-state index contributed by atoms with van der Waals surface area (Å²) < 4.78 is 11.4. The van der Waals surface area contributed by atoms with E-state index in [1.54, 1.807) is 7.11 Å². The van der Waals surface area contributed by atoms with Crippen LogP contribution in [0.25, 0.3) is 0 Å². The highest BCUT2D eigenvalue weighted by Crippen LogP contribution is 2.40. The van der Waals surface area contributed by atoms with Gasteiger partial charge in [0.15, 0.2) is 0 Å². The molecule has 1 aliphatic carbocycles.